The van der Waals surface area contributed by atoms with Crippen LogP contribution < -0.4 is 10.1 Å². The van der Waals surface area contributed by atoms with Crippen LogP contribution in [0.3, 0.4) is 0 Å². The van der Waals surface area contributed by atoms with Crippen LogP contribution in [0, 0.1) is 28.9 Å². The number of sulfone groups is 1. The van der Waals surface area contributed by atoms with Crippen molar-refractivity contribution < 1.29 is 31.8 Å². The molecule has 2 aromatic rings. The topological polar surface area (TPSA) is 116 Å². The van der Waals surface area contributed by atoms with Gasteiger partial charge in [-0.25, -0.2) is 22.0 Å². The molecule has 0 heterocycles. The summed E-state index contributed by atoms with van der Waals surface area (Å²) >= 11 is 5.91. The summed E-state index contributed by atoms with van der Waals surface area (Å²) in [5.74, 6) is -0.269. The third kappa shape index (κ3) is 7.35. The summed E-state index contributed by atoms with van der Waals surface area (Å²) in [4.78, 5) is 9.47. The zero-order valence-corrected chi connectivity index (χ0v) is 18.4. The Hall–Kier alpha value is -2.90. The van der Waals surface area contributed by atoms with Crippen LogP contribution in [0.1, 0.15) is 19.3 Å². The first-order chi connectivity index (χ1) is 15.1. The number of carbonyl (C=O) groups is 1. The van der Waals surface area contributed by atoms with E-state index in [1.807, 2.05) is 5.32 Å². The first-order valence-corrected chi connectivity index (χ1v) is 11.5. The summed E-state index contributed by atoms with van der Waals surface area (Å²) in [7, 11) is -3.61. The Balaban J connectivity index is 0.000000451. The lowest BCUT2D eigenvalue weighted by Crippen LogP contribution is -2.20. The molecule has 1 amide bonds. The predicted molar refractivity (Wildman–Crippen MR) is 113 cm³/mol. The maximum Gasteiger partial charge on any atom is 0.405 e. The highest BCUT2D eigenvalue weighted by Gasteiger charge is 2.36. The Kier molecular flexibility index (Phi) is 9.23. The number of hydrogen-bond acceptors (Lipinski definition) is 5. The summed E-state index contributed by atoms with van der Waals surface area (Å²) in [5, 5.41) is 16.7. The minimum Gasteiger partial charge on any atom is -0.493 e. The largest absolute Gasteiger partial charge is 0.493 e. The van der Waals surface area contributed by atoms with Crippen LogP contribution in [-0.4, -0.2) is 38.0 Å². The maximum absolute atomic E-state index is 13.1. The van der Waals surface area contributed by atoms with Gasteiger partial charge in [0.25, 0.3) is 0 Å². The molecule has 0 radical (unpaired) electrons. The van der Waals surface area contributed by atoms with Gasteiger partial charge in [0.1, 0.15) is 23.9 Å². The molecule has 32 heavy (non-hydrogen) atoms. The molecule has 1 aliphatic carbocycles. The highest BCUT2D eigenvalue weighted by molar-refractivity contribution is 7.92. The quantitative estimate of drug-likeness (QED) is 0.461. The standard InChI is InChI=1S/C18H17ClF2O3S.C3H4N2O2/c19-17-10-14(21)4-8-18(17)25(22,23)16-7-1-12(9-16)11-24-15-5-2-13(20)3-6-15;4-1-2-5-3(6)7/h2-6,8,10,12,16H,1,7,9,11H2;5H,2H2,(H,6,7)/t12-,16+;/m1./s1. The van der Waals surface area contributed by atoms with Crippen molar-refractivity contribution in [1.82, 2.24) is 5.32 Å². The van der Waals surface area contributed by atoms with Crippen molar-refractivity contribution in [2.24, 2.45) is 5.92 Å². The van der Waals surface area contributed by atoms with E-state index in [1.54, 1.807) is 6.07 Å². The van der Waals surface area contributed by atoms with Gasteiger partial charge in [0.15, 0.2) is 9.84 Å². The summed E-state index contributed by atoms with van der Waals surface area (Å²) in [6.45, 7) is 0.226. The fraction of sp³-hybridized carbons (Fsp3) is 0.333. The van der Waals surface area contributed by atoms with Crippen molar-refractivity contribution in [3.05, 3.63) is 59.1 Å². The van der Waals surface area contributed by atoms with E-state index in [0.29, 0.717) is 31.6 Å². The highest BCUT2D eigenvalue weighted by Crippen LogP contribution is 2.36. The van der Waals surface area contributed by atoms with E-state index in [-0.39, 0.29) is 28.2 Å². The highest BCUT2D eigenvalue weighted by atomic mass is 35.5. The molecule has 2 N–H and O–H groups in total. The monoisotopic (exact) mass is 486 g/mol. The molecule has 2 aromatic carbocycles. The van der Waals surface area contributed by atoms with E-state index in [1.165, 1.54) is 30.3 Å². The maximum atomic E-state index is 13.1. The lowest BCUT2D eigenvalue weighted by Gasteiger charge is -2.14. The van der Waals surface area contributed by atoms with Crippen molar-refractivity contribution in [2.75, 3.05) is 13.2 Å². The molecule has 0 spiro atoms. The predicted octanol–water partition coefficient (Wildman–Crippen LogP) is 4.42. The third-order valence-electron chi connectivity index (χ3n) is 4.75. The van der Waals surface area contributed by atoms with E-state index < -0.39 is 27.0 Å². The zero-order chi connectivity index (χ0) is 23.7. The van der Waals surface area contributed by atoms with E-state index in [0.717, 1.165) is 12.1 Å². The van der Waals surface area contributed by atoms with Gasteiger partial charge in [-0.1, -0.05) is 11.6 Å². The third-order valence-corrected chi connectivity index (χ3v) is 7.45. The van der Waals surface area contributed by atoms with Gasteiger partial charge in [0, 0.05) is 0 Å². The smallest absolute Gasteiger partial charge is 0.405 e. The van der Waals surface area contributed by atoms with Crippen LogP contribution in [0.5, 0.6) is 5.75 Å². The Morgan fingerprint density at radius 1 is 1.19 bits per heavy atom. The molecule has 11 heteroatoms. The molecule has 0 unspecified atom stereocenters. The molecular weight excluding hydrogens is 466 g/mol. The summed E-state index contributed by atoms with van der Waals surface area (Å²) in [6, 6.07) is 10.6. The number of rotatable bonds is 6. The lowest BCUT2D eigenvalue weighted by atomic mass is 10.1. The number of halogens is 3. The van der Waals surface area contributed by atoms with Gasteiger partial charge in [-0.2, -0.15) is 5.26 Å². The van der Waals surface area contributed by atoms with Crippen molar-refractivity contribution in [1.29, 1.82) is 5.26 Å². The SMILES string of the molecule is N#CCNC(=O)O.O=S(=O)(c1ccc(F)cc1Cl)[C@H]1CC[C@@H](COc2ccc(F)cc2)C1. The molecular formula is C21H21ClF2N2O5S. The fourth-order valence-electron chi connectivity index (χ4n) is 3.21. The molecule has 1 fully saturated rings. The van der Waals surface area contributed by atoms with Crippen molar-refractivity contribution in [3.8, 4) is 11.8 Å². The second-order valence-electron chi connectivity index (χ2n) is 7.00. The summed E-state index contributed by atoms with van der Waals surface area (Å²) < 4.78 is 57.1. The van der Waals surface area contributed by atoms with Gasteiger partial charge in [0.2, 0.25) is 0 Å². The Morgan fingerprint density at radius 3 is 2.41 bits per heavy atom. The Bertz CT molecular complexity index is 1070. The molecule has 1 aliphatic rings. The molecule has 7 nitrogen and oxygen atoms in total. The molecule has 0 aliphatic heterocycles. The number of nitrogens with one attached hydrogen (secondary N) is 1. The lowest BCUT2D eigenvalue weighted by molar-refractivity contribution is 0.196. The molecule has 3 rings (SSSR count). The number of hydrogen-bond donors (Lipinski definition) is 2. The number of nitriles is 1. The molecule has 172 valence electrons. The number of nitrogens with zero attached hydrogens (tertiary/aromatic N) is 1. The number of amides is 1. The number of benzene rings is 2. The van der Waals surface area contributed by atoms with Gasteiger partial charge >= 0.3 is 6.09 Å². The van der Waals surface area contributed by atoms with Crippen molar-refractivity contribution in [3.63, 3.8) is 0 Å². The number of carboxylic acid groups (broad SMARTS) is 1. The molecule has 0 bridgehead atoms. The minimum absolute atomic E-state index is 0.0272. The first-order valence-electron chi connectivity index (χ1n) is 9.54. The van der Waals surface area contributed by atoms with Crippen molar-refractivity contribution in [2.45, 2.75) is 29.4 Å². The van der Waals surface area contributed by atoms with Gasteiger partial charge < -0.3 is 15.2 Å². The van der Waals surface area contributed by atoms with Crippen LogP contribution in [-0.2, 0) is 9.84 Å². The molecule has 2 atom stereocenters. The average Bonchev–Trinajstić information content (AvgIpc) is 3.22. The molecule has 1 saturated carbocycles. The van der Waals surface area contributed by atoms with E-state index in [2.05, 4.69) is 0 Å². The minimum atomic E-state index is -3.61. The zero-order valence-electron chi connectivity index (χ0n) is 16.8. The summed E-state index contributed by atoms with van der Waals surface area (Å²) in [5.41, 5.74) is 0. The van der Waals surface area contributed by atoms with Gasteiger partial charge in [-0.3, -0.25) is 0 Å². The molecule has 0 saturated heterocycles. The van der Waals surface area contributed by atoms with Crippen LogP contribution in [0.4, 0.5) is 13.6 Å². The molecule has 0 aromatic heterocycles. The Labute approximate surface area is 189 Å². The van der Waals surface area contributed by atoms with Crippen molar-refractivity contribution >= 4 is 27.5 Å². The van der Waals surface area contributed by atoms with E-state index in [9.17, 15) is 22.0 Å². The van der Waals surface area contributed by atoms with Crippen LogP contribution in [0.15, 0.2) is 47.4 Å². The average molecular weight is 487 g/mol. The first kappa shape index (κ1) is 25.4. The van der Waals surface area contributed by atoms with Gasteiger partial charge in [0.05, 0.1) is 27.8 Å². The fourth-order valence-corrected chi connectivity index (χ4v) is 5.62. The van der Waals surface area contributed by atoms with Crippen LogP contribution >= 0.6 is 11.6 Å². The number of ether oxygens (including phenoxy) is 1. The Morgan fingerprint density at radius 2 is 1.84 bits per heavy atom. The van der Waals surface area contributed by atoms with Crippen LogP contribution in [0.25, 0.3) is 0 Å². The normalized spacial score (nSPS) is 17.6. The second kappa shape index (κ2) is 11.6. The van der Waals surface area contributed by atoms with Gasteiger partial charge in [-0.05, 0) is 67.6 Å². The van der Waals surface area contributed by atoms with E-state index in [4.69, 9.17) is 26.7 Å². The van der Waals surface area contributed by atoms with E-state index >= 15 is 0 Å². The van der Waals surface area contributed by atoms with Crippen LogP contribution in [0.2, 0.25) is 5.02 Å². The second-order valence-corrected chi connectivity index (χ2v) is 9.61. The van der Waals surface area contributed by atoms with Gasteiger partial charge in [-0.15, -0.1) is 0 Å². The summed E-state index contributed by atoms with van der Waals surface area (Å²) in [6.07, 6.45) is 0.510.